The molecule has 2 rings (SSSR count). The van der Waals surface area contributed by atoms with Gasteiger partial charge in [-0.3, -0.25) is 0 Å². The first-order valence-electron chi connectivity index (χ1n) is 5.06. The summed E-state index contributed by atoms with van der Waals surface area (Å²) in [6, 6.07) is 1.91. The third kappa shape index (κ3) is 2.89. The fourth-order valence-electron chi connectivity index (χ4n) is 1.72. The summed E-state index contributed by atoms with van der Waals surface area (Å²) in [7, 11) is 2.02. The molecule has 0 aliphatic carbocycles. The Labute approximate surface area is 97.8 Å². The molecule has 4 nitrogen and oxygen atoms in total. The van der Waals surface area contributed by atoms with E-state index in [0.717, 1.165) is 30.0 Å². The van der Waals surface area contributed by atoms with Gasteiger partial charge in [-0.1, -0.05) is 0 Å². The Balaban J connectivity index is 1.97. The maximum Gasteiger partial charge on any atom is 0.132 e. The van der Waals surface area contributed by atoms with E-state index in [1.807, 2.05) is 13.1 Å². The number of rotatable bonds is 3. The lowest BCUT2D eigenvalue weighted by molar-refractivity contribution is 0.116. The Bertz CT molecular complexity index is 328. The van der Waals surface area contributed by atoms with Gasteiger partial charge in [-0.2, -0.15) is 0 Å². The minimum Gasteiger partial charge on any atom is -0.376 e. The fraction of sp³-hybridized carbons (Fsp3) is 0.600. The number of aromatic nitrogens is 2. The lowest BCUT2D eigenvalue weighted by Gasteiger charge is -2.21. The van der Waals surface area contributed by atoms with Crippen molar-refractivity contribution in [3.05, 3.63) is 17.0 Å². The van der Waals surface area contributed by atoms with Crippen LogP contribution in [0.2, 0.25) is 0 Å². The first kappa shape index (κ1) is 10.8. The number of ether oxygens (including phenoxy) is 1. The second kappa shape index (κ2) is 4.90. The maximum absolute atomic E-state index is 5.58. The van der Waals surface area contributed by atoms with E-state index in [0.29, 0.717) is 6.10 Å². The molecular formula is C10H14BrN3O. The largest absolute Gasteiger partial charge is 0.376 e. The van der Waals surface area contributed by atoms with Crippen LogP contribution in [0.5, 0.6) is 0 Å². The summed E-state index contributed by atoms with van der Waals surface area (Å²) in [6.45, 7) is 1.79. The van der Waals surface area contributed by atoms with Crippen molar-refractivity contribution in [2.75, 3.05) is 25.1 Å². The third-order valence-corrected chi connectivity index (χ3v) is 2.95. The van der Waals surface area contributed by atoms with Crippen LogP contribution in [0.4, 0.5) is 5.82 Å². The van der Waals surface area contributed by atoms with Crippen molar-refractivity contribution in [1.29, 1.82) is 0 Å². The molecular weight excluding hydrogens is 258 g/mol. The van der Waals surface area contributed by atoms with E-state index in [9.17, 15) is 0 Å². The molecule has 0 aromatic carbocycles. The molecule has 15 heavy (non-hydrogen) atoms. The van der Waals surface area contributed by atoms with E-state index in [-0.39, 0.29) is 0 Å². The highest BCUT2D eigenvalue weighted by Crippen LogP contribution is 2.17. The molecule has 5 heteroatoms. The molecule has 0 radical (unpaired) electrons. The first-order valence-corrected chi connectivity index (χ1v) is 5.85. The Morgan fingerprint density at radius 1 is 1.60 bits per heavy atom. The molecule has 0 saturated carbocycles. The molecule has 1 aromatic heterocycles. The van der Waals surface area contributed by atoms with Gasteiger partial charge in [0.1, 0.15) is 16.7 Å². The van der Waals surface area contributed by atoms with Crippen LogP contribution in [0.25, 0.3) is 0 Å². The lowest BCUT2D eigenvalue weighted by atomic mass is 10.2. The summed E-state index contributed by atoms with van der Waals surface area (Å²) < 4.78 is 6.39. The van der Waals surface area contributed by atoms with Crippen LogP contribution in [-0.4, -0.2) is 36.3 Å². The van der Waals surface area contributed by atoms with Crippen LogP contribution >= 0.6 is 15.9 Å². The Morgan fingerprint density at radius 3 is 3.13 bits per heavy atom. The van der Waals surface area contributed by atoms with E-state index < -0.39 is 0 Å². The van der Waals surface area contributed by atoms with Gasteiger partial charge < -0.3 is 9.64 Å². The van der Waals surface area contributed by atoms with Crippen LogP contribution in [0.3, 0.4) is 0 Å². The molecule has 1 aliphatic rings. The minimum atomic E-state index is 0.351. The van der Waals surface area contributed by atoms with E-state index in [2.05, 4.69) is 30.8 Å². The van der Waals surface area contributed by atoms with Crippen LogP contribution in [0.15, 0.2) is 17.0 Å². The molecule has 0 bridgehead atoms. The Kier molecular flexibility index (Phi) is 3.53. The van der Waals surface area contributed by atoms with Crippen molar-refractivity contribution in [3.8, 4) is 0 Å². The van der Waals surface area contributed by atoms with Crippen molar-refractivity contribution in [2.45, 2.75) is 18.9 Å². The van der Waals surface area contributed by atoms with Crippen LogP contribution < -0.4 is 4.90 Å². The molecule has 0 spiro atoms. The lowest BCUT2D eigenvalue weighted by Crippen LogP contribution is -2.29. The molecule has 1 unspecified atom stereocenters. The second-order valence-electron chi connectivity index (χ2n) is 3.71. The van der Waals surface area contributed by atoms with Crippen molar-refractivity contribution in [1.82, 2.24) is 9.97 Å². The molecule has 1 fully saturated rings. The van der Waals surface area contributed by atoms with Gasteiger partial charge in [0.05, 0.1) is 6.10 Å². The van der Waals surface area contributed by atoms with Gasteiger partial charge in [-0.25, -0.2) is 9.97 Å². The zero-order valence-corrected chi connectivity index (χ0v) is 10.3. The predicted molar refractivity (Wildman–Crippen MR) is 62.0 cm³/mol. The number of hydrogen-bond acceptors (Lipinski definition) is 4. The summed E-state index contributed by atoms with van der Waals surface area (Å²) in [5.74, 6) is 0.923. The SMILES string of the molecule is CN(CC1CCCO1)c1cc(Br)ncn1. The average Bonchev–Trinajstić information content (AvgIpc) is 2.70. The fourth-order valence-corrected chi connectivity index (χ4v) is 2.02. The molecule has 1 saturated heterocycles. The molecule has 1 atom stereocenters. The predicted octanol–water partition coefficient (Wildman–Crippen LogP) is 1.85. The molecule has 1 aliphatic heterocycles. The normalized spacial score (nSPS) is 20.5. The number of nitrogens with zero attached hydrogens (tertiary/aromatic N) is 3. The second-order valence-corrected chi connectivity index (χ2v) is 4.53. The topological polar surface area (TPSA) is 38.2 Å². The van der Waals surface area contributed by atoms with Crippen LogP contribution in [0, 0.1) is 0 Å². The van der Waals surface area contributed by atoms with Gasteiger partial charge in [0.2, 0.25) is 0 Å². The Hall–Kier alpha value is -0.680. The van der Waals surface area contributed by atoms with Gasteiger partial charge in [0.25, 0.3) is 0 Å². The number of likely N-dealkylation sites (N-methyl/N-ethyl adjacent to an activating group) is 1. The zero-order chi connectivity index (χ0) is 10.7. The van der Waals surface area contributed by atoms with Gasteiger partial charge in [-0.15, -0.1) is 0 Å². The third-order valence-electron chi connectivity index (χ3n) is 2.51. The van der Waals surface area contributed by atoms with E-state index in [1.54, 1.807) is 6.33 Å². The standard InChI is InChI=1S/C10H14BrN3O/c1-14(6-8-3-2-4-15-8)10-5-9(11)12-7-13-10/h5,7-8H,2-4,6H2,1H3. The van der Waals surface area contributed by atoms with E-state index >= 15 is 0 Å². The van der Waals surface area contributed by atoms with Gasteiger partial charge >= 0.3 is 0 Å². The summed E-state index contributed by atoms with van der Waals surface area (Å²) in [6.07, 6.45) is 4.23. The minimum absolute atomic E-state index is 0.351. The number of hydrogen-bond donors (Lipinski definition) is 0. The van der Waals surface area contributed by atoms with Crippen LogP contribution in [-0.2, 0) is 4.74 Å². The smallest absolute Gasteiger partial charge is 0.132 e. The highest BCUT2D eigenvalue weighted by molar-refractivity contribution is 9.10. The summed E-state index contributed by atoms with van der Waals surface area (Å²) in [5.41, 5.74) is 0. The molecule has 0 N–H and O–H groups in total. The summed E-state index contributed by atoms with van der Waals surface area (Å²) in [5, 5.41) is 0. The number of halogens is 1. The average molecular weight is 272 g/mol. The zero-order valence-electron chi connectivity index (χ0n) is 8.69. The summed E-state index contributed by atoms with van der Waals surface area (Å²) >= 11 is 3.33. The molecule has 1 aromatic rings. The van der Waals surface area contributed by atoms with Gasteiger partial charge in [0.15, 0.2) is 0 Å². The van der Waals surface area contributed by atoms with E-state index in [4.69, 9.17) is 4.74 Å². The molecule has 2 heterocycles. The quantitative estimate of drug-likeness (QED) is 0.787. The summed E-state index contributed by atoms with van der Waals surface area (Å²) in [4.78, 5) is 10.3. The van der Waals surface area contributed by atoms with Crippen molar-refractivity contribution in [2.24, 2.45) is 0 Å². The van der Waals surface area contributed by atoms with Crippen molar-refractivity contribution >= 4 is 21.7 Å². The first-order chi connectivity index (χ1) is 7.25. The molecule has 82 valence electrons. The number of anilines is 1. The van der Waals surface area contributed by atoms with Crippen molar-refractivity contribution in [3.63, 3.8) is 0 Å². The molecule has 0 amide bonds. The van der Waals surface area contributed by atoms with Gasteiger partial charge in [-0.05, 0) is 28.8 Å². The highest BCUT2D eigenvalue weighted by Gasteiger charge is 2.18. The highest BCUT2D eigenvalue weighted by atomic mass is 79.9. The van der Waals surface area contributed by atoms with Crippen molar-refractivity contribution < 1.29 is 4.74 Å². The maximum atomic E-state index is 5.58. The van der Waals surface area contributed by atoms with Gasteiger partial charge in [0, 0.05) is 26.3 Å². The monoisotopic (exact) mass is 271 g/mol. The van der Waals surface area contributed by atoms with E-state index in [1.165, 1.54) is 6.42 Å². The Morgan fingerprint density at radius 2 is 2.47 bits per heavy atom. The van der Waals surface area contributed by atoms with Crippen LogP contribution in [0.1, 0.15) is 12.8 Å².